The van der Waals surface area contributed by atoms with Crippen LogP contribution < -0.4 is 0 Å². The highest BCUT2D eigenvalue weighted by atomic mass is 32.1. The predicted octanol–water partition coefficient (Wildman–Crippen LogP) is 3.47. The third-order valence-corrected chi connectivity index (χ3v) is 3.58. The second kappa shape index (κ2) is 5.20. The lowest BCUT2D eigenvalue weighted by Crippen LogP contribution is -1.99. The number of thiophene rings is 1. The SMILES string of the molecule is O=Cc1cn(Cc2ccccc2)nc1-c1ccsc1. The normalized spacial score (nSPS) is 10.5. The van der Waals surface area contributed by atoms with Crippen molar-refractivity contribution >= 4 is 17.6 Å². The molecule has 0 saturated heterocycles. The molecule has 0 bridgehead atoms. The van der Waals surface area contributed by atoms with E-state index in [1.54, 1.807) is 17.5 Å². The first-order valence-corrected chi connectivity index (χ1v) is 6.90. The van der Waals surface area contributed by atoms with Crippen LogP contribution in [0.15, 0.2) is 53.4 Å². The monoisotopic (exact) mass is 268 g/mol. The summed E-state index contributed by atoms with van der Waals surface area (Å²) in [4.78, 5) is 11.1. The third-order valence-electron chi connectivity index (χ3n) is 2.90. The Kier molecular flexibility index (Phi) is 3.25. The fourth-order valence-electron chi connectivity index (χ4n) is 2.00. The second-order valence-corrected chi connectivity index (χ2v) is 5.03. The summed E-state index contributed by atoms with van der Waals surface area (Å²) in [5.74, 6) is 0. The van der Waals surface area contributed by atoms with Crippen molar-refractivity contribution in [2.75, 3.05) is 0 Å². The van der Waals surface area contributed by atoms with E-state index in [0.29, 0.717) is 12.1 Å². The molecule has 0 aliphatic carbocycles. The van der Waals surface area contributed by atoms with Gasteiger partial charge in [-0.15, -0.1) is 0 Å². The third kappa shape index (κ3) is 2.48. The summed E-state index contributed by atoms with van der Waals surface area (Å²) in [5, 5.41) is 8.50. The van der Waals surface area contributed by atoms with Crippen LogP contribution in [0.3, 0.4) is 0 Å². The van der Waals surface area contributed by atoms with Crippen molar-refractivity contribution in [1.29, 1.82) is 0 Å². The lowest BCUT2D eigenvalue weighted by Gasteiger charge is -2.00. The lowest BCUT2D eigenvalue weighted by atomic mass is 10.2. The Hall–Kier alpha value is -2.20. The largest absolute Gasteiger partial charge is 0.298 e. The van der Waals surface area contributed by atoms with Crippen LogP contribution in [0.2, 0.25) is 0 Å². The number of aromatic nitrogens is 2. The van der Waals surface area contributed by atoms with Gasteiger partial charge in [-0.25, -0.2) is 0 Å². The average Bonchev–Trinajstić information content (AvgIpc) is 3.08. The van der Waals surface area contributed by atoms with Crippen LogP contribution in [0.25, 0.3) is 11.3 Å². The Morgan fingerprint density at radius 1 is 1.21 bits per heavy atom. The molecule has 0 aliphatic rings. The summed E-state index contributed by atoms with van der Waals surface area (Å²) >= 11 is 1.60. The molecule has 2 aromatic heterocycles. The summed E-state index contributed by atoms with van der Waals surface area (Å²) in [7, 11) is 0. The van der Waals surface area contributed by atoms with Crippen LogP contribution in [0.4, 0.5) is 0 Å². The van der Waals surface area contributed by atoms with E-state index in [1.165, 1.54) is 5.56 Å². The molecule has 0 amide bonds. The molecule has 2 heterocycles. The van der Waals surface area contributed by atoms with E-state index < -0.39 is 0 Å². The van der Waals surface area contributed by atoms with Crippen molar-refractivity contribution in [3.8, 4) is 11.3 Å². The molecule has 0 unspecified atom stereocenters. The number of carbonyl (C=O) groups is 1. The summed E-state index contributed by atoms with van der Waals surface area (Å²) in [6.45, 7) is 0.672. The zero-order valence-electron chi connectivity index (χ0n) is 10.2. The molecule has 4 heteroatoms. The number of rotatable bonds is 4. The topological polar surface area (TPSA) is 34.9 Å². The fourth-order valence-corrected chi connectivity index (χ4v) is 2.64. The van der Waals surface area contributed by atoms with E-state index in [1.807, 2.05) is 51.8 Å². The first-order valence-electron chi connectivity index (χ1n) is 5.96. The lowest BCUT2D eigenvalue weighted by molar-refractivity contribution is 0.112. The van der Waals surface area contributed by atoms with Gasteiger partial charge in [-0.3, -0.25) is 9.48 Å². The molecule has 3 aromatic rings. The molecule has 1 aromatic carbocycles. The molecule has 0 atom stereocenters. The van der Waals surface area contributed by atoms with Crippen molar-refractivity contribution in [1.82, 2.24) is 9.78 Å². The molecule has 0 N–H and O–H groups in total. The molecule has 3 rings (SSSR count). The Morgan fingerprint density at radius 3 is 2.74 bits per heavy atom. The van der Waals surface area contributed by atoms with E-state index in [4.69, 9.17) is 0 Å². The van der Waals surface area contributed by atoms with Crippen LogP contribution in [0, 0.1) is 0 Å². The molecule has 0 saturated carbocycles. The van der Waals surface area contributed by atoms with Gasteiger partial charge in [0.1, 0.15) is 5.69 Å². The van der Waals surface area contributed by atoms with Gasteiger partial charge in [-0.1, -0.05) is 30.3 Å². The Balaban J connectivity index is 1.94. The van der Waals surface area contributed by atoms with Crippen molar-refractivity contribution in [3.05, 3.63) is 64.5 Å². The van der Waals surface area contributed by atoms with Crippen LogP contribution in [0.1, 0.15) is 15.9 Å². The maximum atomic E-state index is 11.1. The first-order chi connectivity index (χ1) is 9.36. The Bertz CT molecular complexity index is 672. The van der Waals surface area contributed by atoms with E-state index in [9.17, 15) is 4.79 Å². The Morgan fingerprint density at radius 2 is 2.05 bits per heavy atom. The molecule has 0 fully saturated rings. The van der Waals surface area contributed by atoms with Gasteiger partial charge in [0.05, 0.1) is 12.1 Å². The van der Waals surface area contributed by atoms with Gasteiger partial charge in [0, 0.05) is 17.1 Å². The number of carbonyl (C=O) groups excluding carboxylic acids is 1. The molecule has 19 heavy (non-hydrogen) atoms. The summed E-state index contributed by atoms with van der Waals surface area (Å²) in [5.41, 5.74) is 3.56. The Labute approximate surface area is 115 Å². The highest BCUT2D eigenvalue weighted by molar-refractivity contribution is 7.08. The number of hydrogen-bond acceptors (Lipinski definition) is 3. The minimum Gasteiger partial charge on any atom is -0.298 e. The zero-order valence-corrected chi connectivity index (χ0v) is 11.0. The van der Waals surface area contributed by atoms with Crippen molar-refractivity contribution in [2.45, 2.75) is 6.54 Å². The highest BCUT2D eigenvalue weighted by Crippen LogP contribution is 2.23. The van der Waals surface area contributed by atoms with Crippen molar-refractivity contribution in [2.24, 2.45) is 0 Å². The highest BCUT2D eigenvalue weighted by Gasteiger charge is 2.11. The van der Waals surface area contributed by atoms with E-state index in [-0.39, 0.29) is 0 Å². The minimum absolute atomic E-state index is 0.634. The molecular weight excluding hydrogens is 256 g/mol. The number of aldehydes is 1. The van der Waals surface area contributed by atoms with Gasteiger partial charge in [-0.05, 0) is 17.0 Å². The average molecular weight is 268 g/mol. The van der Waals surface area contributed by atoms with Crippen LogP contribution >= 0.6 is 11.3 Å². The first kappa shape index (κ1) is 11.9. The van der Waals surface area contributed by atoms with Gasteiger partial charge in [0.15, 0.2) is 6.29 Å². The number of benzene rings is 1. The number of hydrogen-bond donors (Lipinski definition) is 0. The van der Waals surface area contributed by atoms with Gasteiger partial charge in [-0.2, -0.15) is 16.4 Å². The molecule has 0 spiro atoms. The molecule has 0 radical (unpaired) electrons. The van der Waals surface area contributed by atoms with Crippen molar-refractivity contribution in [3.63, 3.8) is 0 Å². The van der Waals surface area contributed by atoms with E-state index in [2.05, 4.69) is 5.10 Å². The van der Waals surface area contributed by atoms with Gasteiger partial charge >= 0.3 is 0 Å². The summed E-state index contributed by atoms with van der Waals surface area (Å²) < 4.78 is 1.81. The predicted molar refractivity (Wildman–Crippen MR) is 76.5 cm³/mol. The minimum atomic E-state index is 0.634. The smallest absolute Gasteiger partial charge is 0.153 e. The molecule has 94 valence electrons. The summed E-state index contributed by atoms with van der Waals surface area (Å²) in [6, 6.07) is 12.1. The van der Waals surface area contributed by atoms with Crippen LogP contribution in [-0.4, -0.2) is 16.1 Å². The van der Waals surface area contributed by atoms with Gasteiger partial charge < -0.3 is 0 Å². The number of nitrogens with zero attached hydrogens (tertiary/aromatic N) is 2. The standard InChI is InChI=1S/C15H12N2OS/c18-10-14-9-17(8-12-4-2-1-3-5-12)16-15(14)13-6-7-19-11-13/h1-7,9-11H,8H2. The van der Waals surface area contributed by atoms with Crippen molar-refractivity contribution < 1.29 is 4.79 Å². The van der Waals surface area contributed by atoms with Gasteiger partial charge in [0.25, 0.3) is 0 Å². The second-order valence-electron chi connectivity index (χ2n) is 4.25. The maximum Gasteiger partial charge on any atom is 0.153 e. The van der Waals surface area contributed by atoms with E-state index in [0.717, 1.165) is 17.5 Å². The zero-order chi connectivity index (χ0) is 13.1. The van der Waals surface area contributed by atoms with Crippen LogP contribution in [-0.2, 0) is 6.54 Å². The fraction of sp³-hybridized carbons (Fsp3) is 0.0667. The molecule has 0 aliphatic heterocycles. The maximum absolute atomic E-state index is 11.1. The molecular formula is C15H12N2OS. The summed E-state index contributed by atoms with van der Waals surface area (Å²) in [6.07, 6.45) is 2.66. The van der Waals surface area contributed by atoms with E-state index >= 15 is 0 Å². The quantitative estimate of drug-likeness (QED) is 0.679. The molecule has 3 nitrogen and oxygen atoms in total. The van der Waals surface area contributed by atoms with Crippen LogP contribution in [0.5, 0.6) is 0 Å². The van der Waals surface area contributed by atoms with Gasteiger partial charge in [0.2, 0.25) is 0 Å².